The normalized spacial score (nSPS) is 16.0. The molecule has 5 heteroatoms. The molecular formula is C10H13N3O2. The number of carboxylic acid groups (broad SMARTS) is 1. The number of aryl methyl sites for hydroxylation is 1. The van der Waals surface area contributed by atoms with Crippen LogP contribution in [-0.4, -0.2) is 26.3 Å². The van der Waals surface area contributed by atoms with Crippen LogP contribution in [0.2, 0.25) is 0 Å². The quantitative estimate of drug-likeness (QED) is 0.801. The maximum Gasteiger partial charge on any atom is 0.303 e. The van der Waals surface area contributed by atoms with E-state index in [1.807, 2.05) is 0 Å². The Morgan fingerprint density at radius 2 is 2.33 bits per heavy atom. The van der Waals surface area contributed by atoms with Gasteiger partial charge in [0.15, 0.2) is 5.82 Å². The topological polar surface area (TPSA) is 76.0 Å². The summed E-state index contributed by atoms with van der Waals surface area (Å²) in [6.07, 6.45) is 5.69. The second kappa shape index (κ2) is 4.33. The minimum Gasteiger partial charge on any atom is -0.481 e. The van der Waals surface area contributed by atoms with E-state index < -0.39 is 5.97 Å². The van der Waals surface area contributed by atoms with Crippen LogP contribution in [0.5, 0.6) is 0 Å². The second-order valence-corrected chi connectivity index (χ2v) is 3.82. The second-order valence-electron chi connectivity index (χ2n) is 3.82. The standard InChI is InChI=1S/C10H13N3O2/c14-10(15)5-4-9-12-8(6-11-13-9)7-2-1-3-7/h6-7H,1-5H2,(H,14,15). The van der Waals surface area contributed by atoms with Crippen LogP contribution in [-0.2, 0) is 11.2 Å². The molecule has 0 saturated heterocycles. The summed E-state index contributed by atoms with van der Waals surface area (Å²) in [6.45, 7) is 0. The van der Waals surface area contributed by atoms with Gasteiger partial charge in [-0.3, -0.25) is 4.79 Å². The van der Waals surface area contributed by atoms with Crippen molar-refractivity contribution in [3.8, 4) is 0 Å². The molecule has 1 aromatic rings. The Balaban J connectivity index is 2.01. The van der Waals surface area contributed by atoms with Gasteiger partial charge in [0.2, 0.25) is 0 Å². The highest BCUT2D eigenvalue weighted by atomic mass is 16.4. The highest BCUT2D eigenvalue weighted by molar-refractivity contribution is 5.66. The average molecular weight is 207 g/mol. The fraction of sp³-hybridized carbons (Fsp3) is 0.600. The number of aliphatic carboxylic acids is 1. The Labute approximate surface area is 87.6 Å². The summed E-state index contributed by atoms with van der Waals surface area (Å²) in [5.41, 5.74) is 0.969. The summed E-state index contributed by atoms with van der Waals surface area (Å²) in [6, 6.07) is 0. The maximum absolute atomic E-state index is 10.4. The van der Waals surface area contributed by atoms with Gasteiger partial charge in [-0.15, -0.1) is 5.10 Å². The van der Waals surface area contributed by atoms with Gasteiger partial charge in [0.1, 0.15) is 0 Å². The molecule has 80 valence electrons. The molecule has 1 aliphatic carbocycles. The van der Waals surface area contributed by atoms with Crippen LogP contribution in [0.3, 0.4) is 0 Å². The molecule has 0 unspecified atom stereocenters. The van der Waals surface area contributed by atoms with Crippen molar-refractivity contribution in [2.24, 2.45) is 0 Å². The molecule has 1 heterocycles. The lowest BCUT2D eigenvalue weighted by molar-refractivity contribution is -0.137. The molecule has 0 atom stereocenters. The van der Waals surface area contributed by atoms with Crippen LogP contribution >= 0.6 is 0 Å². The van der Waals surface area contributed by atoms with Gasteiger partial charge in [-0.05, 0) is 12.8 Å². The number of hydrogen-bond acceptors (Lipinski definition) is 4. The molecule has 1 fully saturated rings. The molecule has 1 aliphatic rings. The minimum atomic E-state index is -0.826. The van der Waals surface area contributed by atoms with E-state index in [4.69, 9.17) is 5.11 Å². The zero-order valence-electron chi connectivity index (χ0n) is 8.39. The lowest BCUT2D eigenvalue weighted by Crippen LogP contribution is -2.13. The predicted octanol–water partition coefficient (Wildman–Crippen LogP) is 1.16. The number of aromatic nitrogens is 3. The number of nitrogens with zero attached hydrogens (tertiary/aromatic N) is 3. The van der Waals surface area contributed by atoms with Gasteiger partial charge in [-0.1, -0.05) is 6.42 Å². The van der Waals surface area contributed by atoms with E-state index in [2.05, 4.69) is 15.2 Å². The molecule has 5 nitrogen and oxygen atoms in total. The van der Waals surface area contributed by atoms with E-state index in [0.29, 0.717) is 18.2 Å². The summed E-state index contributed by atoms with van der Waals surface area (Å²) < 4.78 is 0. The van der Waals surface area contributed by atoms with Gasteiger partial charge in [0.05, 0.1) is 18.3 Å². The van der Waals surface area contributed by atoms with Gasteiger partial charge in [-0.2, -0.15) is 5.10 Å². The first-order chi connectivity index (χ1) is 7.25. The number of hydrogen-bond donors (Lipinski definition) is 1. The van der Waals surface area contributed by atoms with E-state index in [9.17, 15) is 4.79 Å². The van der Waals surface area contributed by atoms with Crippen molar-refractivity contribution < 1.29 is 9.90 Å². The molecule has 1 N–H and O–H groups in total. The Morgan fingerprint density at radius 3 is 2.93 bits per heavy atom. The van der Waals surface area contributed by atoms with E-state index in [0.717, 1.165) is 18.5 Å². The number of rotatable bonds is 4. The molecule has 0 radical (unpaired) electrons. The number of carboxylic acids is 1. The van der Waals surface area contributed by atoms with E-state index in [-0.39, 0.29) is 6.42 Å². The van der Waals surface area contributed by atoms with Crippen LogP contribution in [0.25, 0.3) is 0 Å². The summed E-state index contributed by atoms with van der Waals surface area (Å²) in [4.78, 5) is 14.7. The van der Waals surface area contributed by atoms with Crippen LogP contribution in [0.15, 0.2) is 6.20 Å². The average Bonchev–Trinajstić information content (AvgIpc) is 2.13. The summed E-state index contributed by atoms with van der Waals surface area (Å²) in [7, 11) is 0. The fourth-order valence-corrected chi connectivity index (χ4v) is 1.58. The molecule has 0 bridgehead atoms. The van der Waals surface area contributed by atoms with Crippen molar-refractivity contribution in [2.75, 3.05) is 0 Å². The summed E-state index contributed by atoms with van der Waals surface area (Å²) in [5, 5.41) is 16.2. The summed E-state index contributed by atoms with van der Waals surface area (Å²) >= 11 is 0. The molecule has 15 heavy (non-hydrogen) atoms. The SMILES string of the molecule is O=C(O)CCc1nncc(C2CCC2)n1. The van der Waals surface area contributed by atoms with E-state index >= 15 is 0 Å². The highest BCUT2D eigenvalue weighted by Gasteiger charge is 2.21. The van der Waals surface area contributed by atoms with Gasteiger partial charge in [-0.25, -0.2) is 4.98 Å². The maximum atomic E-state index is 10.4. The van der Waals surface area contributed by atoms with Crippen molar-refractivity contribution in [3.05, 3.63) is 17.7 Å². The molecule has 1 aromatic heterocycles. The predicted molar refractivity (Wildman–Crippen MR) is 52.4 cm³/mol. The molecule has 1 saturated carbocycles. The van der Waals surface area contributed by atoms with Gasteiger partial charge in [0.25, 0.3) is 0 Å². The Bertz CT molecular complexity index is 363. The van der Waals surface area contributed by atoms with Crippen molar-refractivity contribution in [1.82, 2.24) is 15.2 Å². The molecule has 0 aliphatic heterocycles. The fourth-order valence-electron chi connectivity index (χ4n) is 1.58. The van der Waals surface area contributed by atoms with Crippen LogP contribution in [0.1, 0.15) is 43.1 Å². The lowest BCUT2D eigenvalue weighted by Gasteiger charge is -2.24. The molecule has 0 spiro atoms. The molecular weight excluding hydrogens is 194 g/mol. The minimum absolute atomic E-state index is 0.0653. The van der Waals surface area contributed by atoms with Crippen molar-refractivity contribution in [2.45, 2.75) is 38.0 Å². The summed E-state index contributed by atoms with van der Waals surface area (Å²) in [5.74, 6) is 0.235. The molecule has 2 rings (SSSR count). The lowest BCUT2D eigenvalue weighted by atomic mass is 9.83. The Kier molecular flexibility index (Phi) is 2.89. The third-order valence-corrected chi connectivity index (χ3v) is 2.71. The van der Waals surface area contributed by atoms with Gasteiger partial charge in [0, 0.05) is 12.3 Å². The Hall–Kier alpha value is -1.52. The molecule has 0 amide bonds. The van der Waals surface area contributed by atoms with Crippen LogP contribution < -0.4 is 0 Å². The third-order valence-electron chi connectivity index (χ3n) is 2.71. The van der Waals surface area contributed by atoms with E-state index in [1.54, 1.807) is 6.20 Å². The number of carbonyl (C=O) groups is 1. The first kappa shape index (κ1) is 10.0. The zero-order chi connectivity index (χ0) is 10.7. The smallest absolute Gasteiger partial charge is 0.303 e. The largest absolute Gasteiger partial charge is 0.481 e. The monoisotopic (exact) mass is 207 g/mol. The van der Waals surface area contributed by atoms with Crippen molar-refractivity contribution in [1.29, 1.82) is 0 Å². The zero-order valence-corrected chi connectivity index (χ0v) is 8.39. The first-order valence-corrected chi connectivity index (χ1v) is 5.16. The molecule has 0 aromatic carbocycles. The van der Waals surface area contributed by atoms with Crippen molar-refractivity contribution in [3.63, 3.8) is 0 Å². The highest BCUT2D eigenvalue weighted by Crippen LogP contribution is 2.34. The van der Waals surface area contributed by atoms with Gasteiger partial charge < -0.3 is 5.11 Å². The van der Waals surface area contributed by atoms with Crippen LogP contribution in [0, 0.1) is 0 Å². The third kappa shape index (κ3) is 2.49. The van der Waals surface area contributed by atoms with E-state index in [1.165, 1.54) is 6.42 Å². The Morgan fingerprint density at radius 1 is 1.53 bits per heavy atom. The van der Waals surface area contributed by atoms with Gasteiger partial charge >= 0.3 is 5.97 Å². The van der Waals surface area contributed by atoms with Crippen LogP contribution in [0.4, 0.5) is 0 Å². The van der Waals surface area contributed by atoms with Crippen molar-refractivity contribution >= 4 is 5.97 Å². The first-order valence-electron chi connectivity index (χ1n) is 5.16.